The summed E-state index contributed by atoms with van der Waals surface area (Å²) in [5.74, 6) is 2.25. The smallest absolute Gasteiger partial charge is 0.124 e. The number of benzene rings is 1. The van der Waals surface area contributed by atoms with Crippen molar-refractivity contribution in [3.63, 3.8) is 0 Å². The number of hydrogen-bond acceptors (Lipinski definition) is 3. The van der Waals surface area contributed by atoms with Gasteiger partial charge in [-0.3, -0.25) is 0 Å². The Balaban J connectivity index is 1.84. The molecule has 1 aliphatic heterocycles. The highest BCUT2D eigenvalue weighted by Gasteiger charge is 2.14. The Bertz CT molecular complexity index is 605. The van der Waals surface area contributed by atoms with Crippen LogP contribution in [-0.4, -0.2) is 41.2 Å². The zero-order valence-electron chi connectivity index (χ0n) is 12.5. The van der Waals surface area contributed by atoms with Crippen LogP contribution < -0.4 is 4.74 Å². The molecule has 0 aliphatic carbocycles. The van der Waals surface area contributed by atoms with Gasteiger partial charge in [-0.1, -0.05) is 6.42 Å². The number of aromatic nitrogens is 2. The Morgan fingerprint density at radius 1 is 1.19 bits per heavy atom. The predicted molar refractivity (Wildman–Crippen MR) is 86.1 cm³/mol. The molecule has 2 heterocycles. The number of halogens is 1. The number of fused-ring (bicyclic) bond motifs is 1. The molecule has 1 aromatic heterocycles. The van der Waals surface area contributed by atoms with Gasteiger partial charge in [-0.15, -0.1) is 11.6 Å². The van der Waals surface area contributed by atoms with Crippen molar-refractivity contribution in [3.8, 4) is 5.75 Å². The van der Waals surface area contributed by atoms with Crippen molar-refractivity contribution in [2.45, 2.75) is 31.7 Å². The SMILES string of the molecule is COc1ccc2nc(CCl)n(CCN3CCCCC3)c2c1. The number of methoxy groups -OCH3 is 1. The average molecular weight is 308 g/mol. The Labute approximate surface area is 130 Å². The van der Waals surface area contributed by atoms with E-state index in [0.29, 0.717) is 5.88 Å². The molecule has 1 fully saturated rings. The molecule has 0 saturated carbocycles. The number of alkyl halides is 1. The number of ether oxygens (including phenoxy) is 1. The molecular weight excluding hydrogens is 286 g/mol. The van der Waals surface area contributed by atoms with Crippen molar-refractivity contribution in [3.05, 3.63) is 24.0 Å². The van der Waals surface area contributed by atoms with Gasteiger partial charge >= 0.3 is 0 Å². The highest BCUT2D eigenvalue weighted by Crippen LogP contribution is 2.23. The molecule has 5 heteroatoms. The van der Waals surface area contributed by atoms with Crippen molar-refractivity contribution >= 4 is 22.6 Å². The maximum Gasteiger partial charge on any atom is 0.124 e. The molecule has 4 nitrogen and oxygen atoms in total. The molecule has 0 radical (unpaired) electrons. The quantitative estimate of drug-likeness (QED) is 0.794. The fourth-order valence-corrected chi connectivity index (χ4v) is 3.26. The first-order valence-electron chi connectivity index (χ1n) is 7.63. The molecule has 2 aromatic rings. The predicted octanol–water partition coefficient (Wildman–Crippen LogP) is 3.27. The van der Waals surface area contributed by atoms with Crippen molar-refractivity contribution in [1.82, 2.24) is 14.5 Å². The molecule has 21 heavy (non-hydrogen) atoms. The normalized spacial score (nSPS) is 16.5. The summed E-state index contributed by atoms with van der Waals surface area (Å²) in [5.41, 5.74) is 2.10. The molecule has 0 bridgehead atoms. The fraction of sp³-hybridized carbons (Fsp3) is 0.562. The molecule has 1 aromatic carbocycles. The first-order chi connectivity index (χ1) is 10.3. The summed E-state index contributed by atoms with van der Waals surface area (Å²) in [5, 5.41) is 0. The lowest BCUT2D eigenvalue weighted by Crippen LogP contribution is -2.32. The van der Waals surface area contributed by atoms with Gasteiger partial charge in [-0.25, -0.2) is 4.98 Å². The van der Waals surface area contributed by atoms with E-state index in [1.165, 1.54) is 32.4 Å². The van der Waals surface area contributed by atoms with E-state index in [9.17, 15) is 0 Å². The zero-order chi connectivity index (χ0) is 14.7. The second-order valence-corrected chi connectivity index (χ2v) is 5.84. The van der Waals surface area contributed by atoms with Gasteiger partial charge in [0.25, 0.3) is 0 Å². The average Bonchev–Trinajstić information content (AvgIpc) is 2.90. The van der Waals surface area contributed by atoms with Gasteiger partial charge in [-0.05, 0) is 38.1 Å². The summed E-state index contributed by atoms with van der Waals surface area (Å²) in [6.45, 7) is 4.43. The third-order valence-electron chi connectivity index (χ3n) is 4.24. The van der Waals surface area contributed by atoms with Crippen LogP contribution in [0.2, 0.25) is 0 Å². The lowest BCUT2D eigenvalue weighted by molar-refractivity contribution is 0.221. The second-order valence-electron chi connectivity index (χ2n) is 5.57. The first-order valence-corrected chi connectivity index (χ1v) is 8.17. The molecule has 0 spiro atoms. The van der Waals surface area contributed by atoms with Gasteiger partial charge in [0.2, 0.25) is 0 Å². The summed E-state index contributed by atoms with van der Waals surface area (Å²) < 4.78 is 7.57. The van der Waals surface area contributed by atoms with Gasteiger partial charge < -0.3 is 14.2 Å². The second kappa shape index (κ2) is 6.67. The van der Waals surface area contributed by atoms with Crippen molar-refractivity contribution in [2.75, 3.05) is 26.7 Å². The minimum Gasteiger partial charge on any atom is -0.497 e. The van der Waals surface area contributed by atoms with E-state index in [-0.39, 0.29) is 0 Å². The van der Waals surface area contributed by atoms with E-state index < -0.39 is 0 Å². The van der Waals surface area contributed by atoms with Gasteiger partial charge in [0, 0.05) is 19.2 Å². The van der Waals surface area contributed by atoms with Crippen LogP contribution in [0.1, 0.15) is 25.1 Å². The Morgan fingerprint density at radius 3 is 2.71 bits per heavy atom. The number of piperidine rings is 1. The summed E-state index contributed by atoms with van der Waals surface area (Å²) in [4.78, 5) is 7.16. The minimum absolute atomic E-state index is 0.441. The number of imidazole rings is 1. The molecule has 0 amide bonds. The van der Waals surface area contributed by atoms with Crippen LogP contribution >= 0.6 is 11.6 Å². The molecule has 114 valence electrons. The summed E-state index contributed by atoms with van der Waals surface area (Å²) >= 11 is 6.07. The molecule has 0 atom stereocenters. The fourth-order valence-electron chi connectivity index (χ4n) is 3.06. The third-order valence-corrected chi connectivity index (χ3v) is 4.48. The Hall–Kier alpha value is -1.26. The van der Waals surface area contributed by atoms with Crippen LogP contribution in [0, 0.1) is 0 Å². The maximum atomic E-state index is 6.07. The zero-order valence-corrected chi connectivity index (χ0v) is 13.3. The van der Waals surface area contributed by atoms with Crippen LogP contribution in [0.4, 0.5) is 0 Å². The number of nitrogens with zero attached hydrogens (tertiary/aromatic N) is 3. The lowest BCUT2D eigenvalue weighted by atomic mass is 10.1. The van der Waals surface area contributed by atoms with E-state index in [4.69, 9.17) is 16.3 Å². The minimum atomic E-state index is 0.441. The highest BCUT2D eigenvalue weighted by atomic mass is 35.5. The molecule has 3 rings (SSSR count). The van der Waals surface area contributed by atoms with Crippen LogP contribution in [0.15, 0.2) is 18.2 Å². The topological polar surface area (TPSA) is 30.3 Å². The highest BCUT2D eigenvalue weighted by molar-refractivity contribution is 6.16. The van der Waals surface area contributed by atoms with E-state index >= 15 is 0 Å². The summed E-state index contributed by atoms with van der Waals surface area (Å²) in [6, 6.07) is 6.00. The van der Waals surface area contributed by atoms with Crippen LogP contribution in [0.5, 0.6) is 5.75 Å². The number of hydrogen-bond donors (Lipinski definition) is 0. The van der Waals surface area contributed by atoms with Gasteiger partial charge in [0.15, 0.2) is 0 Å². The van der Waals surface area contributed by atoms with E-state index in [1.54, 1.807) is 7.11 Å². The van der Waals surface area contributed by atoms with E-state index in [0.717, 1.165) is 35.7 Å². The summed E-state index contributed by atoms with van der Waals surface area (Å²) in [6.07, 6.45) is 4.01. The Morgan fingerprint density at radius 2 is 2.00 bits per heavy atom. The van der Waals surface area contributed by atoms with E-state index in [2.05, 4.69) is 20.5 Å². The monoisotopic (exact) mass is 307 g/mol. The van der Waals surface area contributed by atoms with Crippen molar-refractivity contribution < 1.29 is 4.74 Å². The van der Waals surface area contributed by atoms with Crippen molar-refractivity contribution in [2.24, 2.45) is 0 Å². The maximum absolute atomic E-state index is 6.07. The van der Waals surface area contributed by atoms with Gasteiger partial charge in [0.1, 0.15) is 11.6 Å². The molecule has 0 N–H and O–H groups in total. The largest absolute Gasteiger partial charge is 0.497 e. The number of rotatable bonds is 5. The van der Waals surface area contributed by atoms with Crippen LogP contribution in [0.3, 0.4) is 0 Å². The number of likely N-dealkylation sites (tertiary alicyclic amines) is 1. The molecule has 1 aliphatic rings. The van der Waals surface area contributed by atoms with Gasteiger partial charge in [0.05, 0.1) is 24.0 Å². The van der Waals surface area contributed by atoms with Crippen molar-refractivity contribution in [1.29, 1.82) is 0 Å². The molecular formula is C16H22ClN3O. The summed E-state index contributed by atoms with van der Waals surface area (Å²) in [7, 11) is 1.69. The van der Waals surface area contributed by atoms with E-state index in [1.807, 2.05) is 12.1 Å². The lowest BCUT2D eigenvalue weighted by Gasteiger charge is -2.26. The first kappa shape index (κ1) is 14.7. The molecule has 1 saturated heterocycles. The standard InChI is InChI=1S/C16H22ClN3O/c1-21-13-5-6-14-15(11-13)20(16(12-17)18-14)10-9-19-7-3-2-4-8-19/h5-6,11H,2-4,7-10,12H2,1H3. The molecule has 0 unspecified atom stereocenters. The Kier molecular flexibility index (Phi) is 4.66. The third kappa shape index (κ3) is 3.16. The van der Waals surface area contributed by atoms with Gasteiger partial charge in [-0.2, -0.15) is 0 Å². The van der Waals surface area contributed by atoms with Crippen LogP contribution in [0.25, 0.3) is 11.0 Å². The van der Waals surface area contributed by atoms with Crippen LogP contribution in [-0.2, 0) is 12.4 Å².